The number of nitrogens with zero attached hydrogens (tertiary/aromatic N) is 2. The van der Waals surface area contributed by atoms with E-state index < -0.39 is 11.9 Å². The molecule has 1 aromatic heterocycles. The fourth-order valence-corrected chi connectivity index (χ4v) is 1.64. The van der Waals surface area contributed by atoms with Crippen molar-refractivity contribution >= 4 is 5.82 Å². The zero-order chi connectivity index (χ0) is 15.5. The second kappa shape index (κ2) is 5.71. The van der Waals surface area contributed by atoms with E-state index in [-0.39, 0.29) is 23.7 Å². The first-order valence-corrected chi connectivity index (χ1v) is 5.90. The van der Waals surface area contributed by atoms with Gasteiger partial charge in [0.2, 0.25) is 0 Å². The van der Waals surface area contributed by atoms with Crippen LogP contribution in [0.3, 0.4) is 0 Å². The SMILES string of the molecule is N#Cc1ccc(C(F)(F)F)nc1NCc1ccc(O)cc1. The first-order chi connectivity index (χ1) is 9.90. The number of nitriles is 1. The monoisotopic (exact) mass is 293 g/mol. The fourth-order valence-electron chi connectivity index (χ4n) is 1.64. The zero-order valence-corrected chi connectivity index (χ0v) is 10.6. The van der Waals surface area contributed by atoms with Gasteiger partial charge >= 0.3 is 6.18 Å². The second-order valence-electron chi connectivity index (χ2n) is 4.22. The average molecular weight is 293 g/mol. The molecule has 21 heavy (non-hydrogen) atoms. The molecule has 0 unspecified atom stereocenters. The Balaban J connectivity index is 2.22. The standard InChI is InChI=1S/C14H10F3N3O/c15-14(16,17)12-6-3-10(7-18)13(20-12)19-8-9-1-4-11(21)5-2-9/h1-6,21H,8H2,(H,19,20). The summed E-state index contributed by atoms with van der Waals surface area (Å²) in [6.07, 6.45) is -4.57. The number of hydrogen-bond acceptors (Lipinski definition) is 4. The van der Waals surface area contributed by atoms with Crippen LogP contribution in [0.1, 0.15) is 16.8 Å². The van der Waals surface area contributed by atoms with E-state index in [0.717, 1.165) is 17.7 Å². The molecule has 1 heterocycles. The zero-order valence-electron chi connectivity index (χ0n) is 10.6. The van der Waals surface area contributed by atoms with Crippen LogP contribution >= 0.6 is 0 Å². The summed E-state index contributed by atoms with van der Waals surface area (Å²) in [6, 6.07) is 9.78. The molecule has 0 aliphatic rings. The first kappa shape index (κ1) is 14.7. The van der Waals surface area contributed by atoms with Crippen LogP contribution in [0.25, 0.3) is 0 Å². The van der Waals surface area contributed by atoms with Gasteiger partial charge in [-0.25, -0.2) is 4.98 Å². The summed E-state index contributed by atoms with van der Waals surface area (Å²) in [5.74, 6) is -0.0333. The summed E-state index contributed by atoms with van der Waals surface area (Å²) in [6.45, 7) is 0.184. The quantitative estimate of drug-likeness (QED) is 0.911. The topological polar surface area (TPSA) is 68.9 Å². The number of pyridine rings is 1. The average Bonchev–Trinajstić information content (AvgIpc) is 2.45. The molecule has 2 N–H and O–H groups in total. The van der Waals surface area contributed by atoms with E-state index in [4.69, 9.17) is 10.4 Å². The Bertz CT molecular complexity index is 675. The molecular weight excluding hydrogens is 283 g/mol. The van der Waals surface area contributed by atoms with E-state index in [1.54, 1.807) is 18.2 Å². The predicted molar refractivity (Wildman–Crippen MR) is 69.4 cm³/mol. The van der Waals surface area contributed by atoms with Gasteiger partial charge in [0.05, 0.1) is 5.56 Å². The summed E-state index contributed by atoms with van der Waals surface area (Å²) in [7, 11) is 0. The Morgan fingerprint density at radius 1 is 1.14 bits per heavy atom. The Morgan fingerprint density at radius 3 is 2.38 bits per heavy atom. The largest absolute Gasteiger partial charge is 0.508 e. The minimum atomic E-state index is -4.57. The fraction of sp³-hybridized carbons (Fsp3) is 0.143. The van der Waals surface area contributed by atoms with E-state index in [1.165, 1.54) is 12.1 Å². The molecule has 0 aliphatic heterocycles. The molecule has 0 saturated heterocycles. The van der Waals surface area contributed by atoms with Crippen molar-refractivity contribution in [3.8, 4) is 11.8 Å². The van der Waals surface area contributed by atoms with Crippen LogP contribution < -0.4 is 5.32 Å². The molecule has 108 valence electrons. The summed E-state index contributed by atoms with van der Waals surface area (Å²) < 4.78 is 37.8. The molecular formula is C14H10F3N3O. The molecule has 0 radical (unpaired) electrons. The third-order valence-corrected chi connectivity index (χ3v) is 2.70. The first-order valence-electron chi connectivity index (χ1n) is 5.90. The van der Waals surface area contributed by atoms with Crippen LogP contribution in [-0.2, 0) is 12.7 Å². The number of aromatic hydroxyl groups is 1. The number of aromatic nitrogens is 1. The molecule has 0 saturated carbocycles. The molecule has 4 nitrogen and oxygen atoms in total. The van der Waals surface area contributed by atoms with Gasteiger partial charge in [-0.05, 0) is 29.8 Å². The highest BCUT2D eigenvalue weighted by Gasteiger charge is 2.33. The highest BCUT2D eigenvalue weighted by Crippen LogP contribution is 2.29. The van der Waals surface area contributed by atoms with Crippen molar-refractivity contribution in [2.75, 3.05) is 5.32 Å². The van der Waals surface area contributed by atoms with Gasteiger partial charge in [-0.15, -0.1) is 0 Å². The van der Waals surface area contributed by atoms with Crippen LogP contribution in [0.2, 0.25) is 0 Å². The number of benzene rings is 1. The Hall–Kier alpha value is -2.75. The highest BCUT2D eigenvalue weighted by atomic mass is 19.4. The maximum atomic E-state index is 12.6. The van der Waals surface area contributed by atoms with Crippen molar-refractivity contribution in [2.45, 2.75) is 12.7 Å². The van der Waals surface area contributed by atoms with Gasteiger partial charge in [0.25, 0.3) is 0 Å². The number of hydrogen-bond donors (Lipinski definition) is 2. The molecule has 0 atom stereocenters. The van der Waals surface area contributed by atoms with Crippen molar-refractivity contribution in [3.63, 3.8) is 0 Å². The van der Waals surface area contributed by atoms with Gasteiger partial charge in [0.15, 0.2) is 0 Å². The van der Waals surface area contributed by atoms with Crippen LogP contribution in [0, 0.1) is 11.3 Å². The third kappa shape index (κ3) is 3.63. The normalized spacial score (nSPS) is 11.0. The van der Waals surface area contributed by atoms with E-state index in [0.29, 0.717) is 0 Å². The van der Waals surface area contributed by atoms with Crippen molar-refractivity contribution in [3.05, 3.63) is 53.2 Å². The highest BCUT2D eigenvalue weighted by molar-refractivity contribution is 5.52. The van der Waals surface area contributed by atoms with Crippen molar-refractivity contribution in [1.82, 2.24) is 4.98 Å². The van der Waals surface area contributed by atoms with E-state index >= 15 is 0 Å². The van der Waals surface area contributed by atoms with Crippen LogP contribution in [0.5, 0.6) is 5.75 Å². The molecule has 2 aromatic rings. The summed E-state index contributed by atoms with van der Waals surface area (Å²) in [5, 5.41) is 20.7. The number of rotatable bonds is 3. The number of nitrogens with one attached hydrogen (secondary N) is 1. The lowest BCUT2D eigenvalue weighted by atomic mass is 10.2. The van der Waals surface area contributed by atoms with Crippen molar-refractivity contribution in [2.24, 2.45) is 0 Å². The smallest absolute Gasteiger partial charge is 0.433 e. The Morgan fingerprint density at radius 2 is 1.81 bits per heavy atom. The molecule has 1 aromatic carbocycles. The number of alkyl halides is 3. The Kier molecular flexibility index (Phi) is 3.98. The third-order valence-electron chi connectivity index (χ3n) is 2.70. The van der Waals surface area contributed by atoms with Gasteiger partial charge in [0.1, 0.15) is 23.3 Å². The van der Waals surface area contributed by atoms with E-state index in [9.17, 15) is 13.2 Å². The lowest BCUT2D eigenvalue weighted by Crippen LogP contribution is -2.11. The van der Waals surface area contributed by atoms with Gasteiger partial charge < -0.3 is 10.4 Å². The van der Waals surface area contributed by atoms with Gasteiger partial charge in [-0.1, -0.05) is 12.1 Å². The molecule has 0 spiro atoms. The molecule has 0 amide bonds. The molecule has 0 fully saturated rings. The number of anilines is 1. The van der Waals surface area contributed by atoms with Crippen molar-refractivity contribution in [1.29, 1.82) is 5.26 Å². The number of halogens is 3. The lowest BCUT2D eigenvalue weighted by molar-refractivity contribution is -0.141. The maximum absolute atomic E-state index is 12.6. The summed E-state index contributed by atoms with van der Waals surface area (Å²) >= 11 is 0. The number of phenols is 1. The predicted octanol–water partition coefficient (Wildman–Crippen LogP) is 3.29. The lowest BCUT2D eigenvalue weighted by Gasteiger charge is -2.11. The van der Waals surface area contributed by atoms with Crippen LogP contribution in [-0.4, -0.2) is 10.1 Å². The van der Waals surface area contributed by atoms with Gasteiger partial charge in [-0.2, -0.15) is 18.4 Å². The van der Waals surface area contributed by atoms with E-state index in [2.05, 4.69) is 10.3 Å². The van der Waals surface area contributed by atoms with Crippen LogP contribution in [0.15, 0.2) is 36.4 Å². The maximum Gasteiger partial charge on any atom is 0.433 e. The molecule has 0 bridgehead atoms. The summed E-state index contributed by atoms with van der Waals surface area (Å²) in [5.41, 5.74) is -0.299. The van der Waals surface area contributed by atoms with E-state index in [1.807, 2.05) is 0 Å². The van der Waals surface area contributed by atoms with Gasteiger partial charge in [0, 0.05) is 6.54 Å². The second-order valence-corrected chi connectivity index (χ2v) is 4.22. The molecule has 2 rings (SSSR count). The number of phenolic OH excluding ortho intramolecular Hbond substituents is 1. The summed E-state index contributed by atoms with van der Waals surface area (Å²) in [4.78, 5) is 3.44. The van der Waals surface area contributed by atoms with Crippen molar-refractivity contribution < 1.29 is 18.3 Å². The van der Waals surface area contributed by atoms with Crippen LogP contribution in [0.4, 0.5) is 19.0 Å². The minimum absolute atomic E-state index is 0.0294. The molecule has 0 aliphatic carbocycles. The minimum Gasteiger partial charge on any atom is -0.508 e. The molecule has 7 heteroatoms. The Labute approximate surface area is 118 Å². The van der Waals surface area contributed by atoms with Gasteiger partial charge in [-0.3, -0.25) is 0 Å².